The van der Waals surface area contributed by atoms with Crippen LogP contribution in [0, 0.1) is 5.92 Å². The molecule has 1 heterocycles. The summed E-state index contributed by atoms with van der Waals surface area (Å²) in [4.78, 5) is 23.1. The van der Waals surface area contributed by atoms with Gasteiger partial charge in [-0.15, -0.1) is 5.10 Å². The molecule has 0 saturated heterocycles. The van der Waals surface area contributed by atoms with Gasteiger partial charge in [-0.1, -0.05) is 18.7 Å². The van der Waals surface area contributed by atoms with Gasteiger partial charge in [-0.25, -0.2) is 9.89 Å². The number of primary amides is 1. The minimum absolute atomic E-state index is 0.155. The highest BCUT2D eigenvalue weighted by atomic mass is 32.2. The van der Waals surface area contributed by atoms with Crippen molar-refractivity contribution in [3.63, 3.8) is 0 Å². The van der Waals surface area contributed by atoms with Crippen LogP contribution in [0.2, 0.25) is 0 Å². The van der Waals surface area contributed by atoms with Crippen LogP contribution in [0.5, 0.6) is 0 Å². The Morgan fingerprint density at radius 1 is 1.63 bits per heavy atom. The molecule has 1 aromatic rings. The van der Waals surface area contributed by atoms with Crippen LogP contribution < -0.4 is 17.2 Å². The van der Waals surface area contributed by atoms with Gasteiger partial charge in [0.15, 0.2) is 5.16 Å². The molecule has 19 heavy (non-hydrogen) atoms. The Bertz CT molecular complexity index is 521. The molecule has 0 aromatic carbocycles. The molecular formula is C11H19N5O2S. The van der Waals surface area contributed by atoms with Crippen LogP contribution in [0.3, 0.4) is 0 Å². The zero-order valence-corrected chi connectivity index (χ0v) is 11.7. The van der Waals surface area contributed by atoms with E-state index in [0.29, 0.717) is 17.5 Å². The number of carbonyl (C=O) groups excluding carboxylic acids is 1. The fourth-order valence-corrected chi connectivity index (χ4v) is 3.19. The van der Waals surface area contributed by atoms with E-state index in [1.54, 1.807) is 4.57 Å². The largest absolute Gasteiger partial charge is 0.368 e. The Kier molecular flexibility index (Phi) is 4.00. The number of aromatic amines is 1. The summed E-state index contributed by atoms with van der Waals surface area (Å²) >= 11 is 1.31. The predicted octanol–water partition coefficient (Wildman–Crippen LogP) is -0.334. The number of amides is 1. The molecule has 1 unspecified atom stereocenters. The summed E-state index contributed by atoms with van der Waals surface area (Å²) in [5.41, 5.74) is 10.3. The first-order valence-electron chi connectivity index (χ1n) is 6.35. The van der Waals surface area contributed by atoms with E-state index in [9.17, 15) is 9.59 Å². The van der Waals surface area contributed by atoms with Gasteiger partial charge in [0.05, 0.1) is 0 Å². The molecule has 1 atom stereocenters. The molecule has 7 nitrogen and oxygen atoms in total. The van der Waals surface area contributed by atoms with E-state index in [2.05, 4.69) is 10.2 Å². The summed E-state index contributed by atoms with van der Waals surface area (Å²) < 4.78 is 1.55. The number of nitrogens with zero attached hydrogens (tertiary/aromatic N) is 2. The smallest absolute Gasteiger partial charge is 0.343 e. The molecule has 8 heteroatoms. The quantitative estimate of drug-likeness (QED) is 0.592. The summed E-state index contributed by atoms with van der Waals surface area (Å²) in [6, 6.07) is 0. The maximum Gasteiger partial charge on any atom is 0.343 e. The number of carbonyl (C=O) groups is 1. The van der Waals surface area contributed by atoms with Crippen molar-refractivity contribution >= 4 is 17.7 Å². The third kappa shape index (κ3) is 2.84. The molecule has 106 valence electrons. The van der Waals surface area contributed by atoms with Crippen molar-refractivity contribution in [1.82, 2.24) is 14.8 Å². The molecule has 0 bridgehead atoms. The van der Waals surface area contributed by atoms with Gasteiger partial charge in [0, 0.05) is 12.3 Å². The van der Waals surface area contributed by atoms with E-state index >= 15 is 0 Å². The van der Waals surface area contributed by atoms with Crippen molar-refractivity contribution in [1.29, 1.82) is 0 Å². The highest BCUT2D eigenvalue weighted by Gasteiger charge is 2.47. The third-order valence-corrected chi connectivity index (χ3v) is 4.57. The van der Waals surface area contributed by atoms with Gasteiger partial charge in [-0.2, -0.15) is 0 Å². The SMILES string of the molecule is CCCn1c(SCC(N)(C(N)=O)C2CC2)n[nH]c1=O. The summed E-state index contributed by atoms with van der Waals surface area (Å²) in [6.07, 6.45) is 2.70. The Labute approximate surface area is 115 Å². The highest BCUT2D eigenvalue weighted by molar-refractivity contribution is 7.99. The van der Waals surface area contributed by atoms with Crippen LogP contribution in [0.15, 0.2) is 9.95 Å². The van der Waals surface area contributed by atoms with Crippen LogP contribution in [0.1, 0.15) is 26.2 Å². The second-order valence-electron chi connectivity index (χ2n) is 4.93. The molecule has 0 spiro atoms. The standard InChI is InChI=1S/C11H19N5O2S/c1-2-5-16-9(18)14-15-10(16)19-6-11(13,8(12)17)7-3-4-7/h7H,2-6,13H2,1H3,(H2,12,17)(H,14,18). The average molecular weight is 285 g/mol. The number of nitrogens with two attached hydrogens (primary N) is 2. The van der Waals surface area contributed by atoms with Crippen molar-refractivity contribution < 1.29 is 4.79 Å². The highest BCUT2D eigenvalue weighted by Crippen LogP contribution is 2.40. The third-order valence-electron chi connectivity index (χ3n) is 3.38. The van der Waals surface area contributed by atoms with Gasteiger partial charge in [-0.3, -0.25) is 9.36 Å². The van der Waals surface area contributed by atoms with Crippen LogP contribution in [0.4, 0.5) is 0 Å². The lowest BCUT2D eigenvalue weighted by Gasteiger charge is -2.24. The molecule has 2 rings (SSSR count). The van der Waals surface area contributed by atoms with Gasteiger partial charge in [-0.05, 0) is 25.2 Å². The van der Waals surface area contributed by atoms with Crippen molar-refractivity contribution in [2.24, 2.45) is 17.4 Å². The molecular weight excluding hydrogens is 266 g/mol. The van der Waals surface area contributed by atoms with Gasteiger partial charge in [0.25, 0.3) is 0 Å². The molecule has 5 N–H and O–H groups in total. The Balaban J connectivity index is 2.09. The summed E-state index contributed by atoms with van der Waals surface area (Å²) in [6.45, 7) is 2.57. The lowest BCUT2D eigenvalue weighted by Crippen LogP contribution is -2.56. The lowest BCUT2D eigenvalue weighted by atomic mass is 9.96. The van der Waals surface area contributed by atoms with Crippen LogP contribution in [-0.4, -0.2) is 32.0 Å². The number of hydrogen-bond acceptors (Lipinski definition) is 5. The first kappa shape index (κ1) is 14.1. The average Bonchev–Trinajstić information content (AvgIpc) is 3.16. The number of nitrogens with one attached hydrogen (secondary N) is 1. The Morgan fingerprint density at radius 2 is 2.32 bits per heavy atom. The zero-order chi connectivity index (χ0) is 14.0. The summed E-state index contributed by atoms with van der Waals surface area (Å²) in [5.74, 6) is 0.0197. The minimum atomic E-state index is -1.00. The second kappa shape index (κ2) is 5.38. The number of H-pyrrole nitrogens is 1. The fourth-order valence-electron chi connectivity index (χ4n) is 2.01. The first-order chi connectivity index (χ1) is 8.99. The molecule has 1 saturated carbocycles. The Hall–Kier alpha value is -1.28. The first-order valence-corrected chi connectivity index (χ1v) is 7.34. The Morgan fingerprint density at radius 3 is 2.84 bits per heavy atom. The normalized spacial score (nSPS) is 18.2. The van der Waals surface area contributed by atoms with Crippen LogP contribution in [-0.2, 0) is 11.3 Å². The number of aromatic nitrogens is 3. The number of rotatable bonds is 7. The summed E-state index contributed by atoms with van der Waals surface area (Å²) in [5, 5.41) is 6.93. The molecule has 0 aliphatic heterocycles. The van der Waals surface area contributed by atoms with Crippen molar-refractivity contribution in [3.8, 4) is 0 Å². The van der Waals surface area contributed by atoms with Crippen molar-refractivity contribution in [2.45, 2.75) is 43.4 Å². The van der Waals surface area contributed by atoms with Gasteiger partial charge >= 0.3 is 5.69 Å². The molecule has 1 aliphatic carbocycles. The fraction of sp³-hybridized carbons (Fsp3) is 0.727. The van der Waals surface area contributed by atoms with E-state index in [1.807, 2.05) is 6.92 Å². The van der Waals surface area contributed by atoms with E-state index in [4.69, 9.17) is 11.5 Å². The van der Waals surface area contributed by atoms with Crippen LogP contribution >= 0.6 is 11.8 Å². The van der Waals surface area contributed by atoms with Gasteiger partial charge < -0.3 is 11.5 Å². The molecule has 1 aromatic heterocycles. The maximum atomic E-state index is 11.5. The van der Waals surface area contributed by atoms with E-state index in [1.165, 1.54) is 11.8 Å². The van der Waals surface area contributed by atoms with E-state index in [0.717, 1.165) is 19.3 Å². The van der Waals surface area contributed by atoms with Crippen LogP contribution in [0.25, 0.3) is 0 Å². The van der Waals surface area contributed by atoms with Crippen molar-refractivity contribution in [3.05, 3.63) is 10.5 Å². The van der Waals surface area contributed by atoms with Crippen molar-refractivity contribution in [2.75, 3.05) is 5.75 Å². The van der Waals surface area contributed by atoms with E-state index < -0.39 is 11.4 Å². The van der Waals surface area contributed by atoms with Gasteiger partial charge in [0.1, 0.15) is 5.54 Å². The van der Waals surface area contributed by atoms with E-state index in [-0.39, 0.29) is 11.6 Å². The molecule has 0 radical (unpaired) electrons. The predicted molar refractivity (Wildman–Crippen MR) is 72.7 cm³/mol. The molecule has 1 amide bonds. The molecule has 1 fully saturated rings. The lowest BCUT2D eigenvalue weighted by molar-refractivity contribution is -0.123. The van der Waals surface area contributed by atoms with Gasteiger partial charge in [0.2, 0.25) is 5.91 Å². The summed E-state index contributed by atoms with van der Waals surface area (Å²) in [7, 11) is 0. The topological polar surface area (TPSA) is 120 Å². The zero-order valence-electron chi connectivity index (χ0n) is 10.9. The monoisotopic (exact) mass is 285 g/mol. The maximum absolute atomic E-state index is 11.5. The molecule has 1 aliphatic rings. The second-order valence-corrected chi connectivity index (χ2v) is 5.87. The number of hydrogen-bond donors (Lipinski definition) is 3. The minimum Gasteiger partial charge on any atom is -0.368 e. The number of thioether (sulfide) groups is 1.